The number of benzene rings is 2. The molecule has 0 saturated carbocycles. The summed E-state index contributed by atoms with van der Waals surface area (Å²) in [4.78, 5) is 33.8. The van der Waals surface area contributed by atoms with E-state index in [4.69, 9.17) is 15.2 Å². The highest BCUT2D eigenvalue weighted by Crippen LogP contribution is 2.32. The van der Waals surface area contributed by atoms with Crippen LogP contribution in [0, 0.1) is 0 Å². The second-order valence-electron chi connectivity index (χ2n) is 8.59. The number of fused-ring (bicyclic) bond motifs is 1. The molecule has 0 bridgehead atoms. The molecule has 188 valence electrons. The Labute approximate surface area is 210 Å². The Morgan fingerprint density at radius 2 is 1.75 bits per heavy atom. The molecule has 0 unspecified atom stereocenters. The van der Waals surface area contributed by atoms with E-state index in [0.29, 0.717) is 66.1 Å². The topological polar surface area (TPSA) is 122 Å². The molecule has 3 aromatic rings. The number of aromatic nitrogens is 1. The summed E-state index contributed by atoms with van der Waals surface area (Å²) < 4.78 is 11.2. The zero-order valence-corrected chi connectivity index (χ0v) is 20.4. The number of amides is 3. The van der Waals surface area contributed by atoms with E-state index in [1.807, 2.05) is 19.0 Å². The summed E-state index contributed by atoms with van der Waals surface area (Å²) in [5, 5.41) is 5.71. The number of rotatable bonds is 8. The molecule has 1 aliphatic heterocycles. The second-order valence-corrected chi connectivity index (χ2v) is 8.59. The lowest BCUT2D eigenvalue weighted by atomic mass is 10.2. The third kappa shape index (κ3) is 6.42. The number of likely N-dealkylation sites (N-methyl/N-ethyl adjacent to an activating group) is 1. The first-order valence-corrected chi connectivity index (χ1v) is 11.6. The van der Waals surface area contributed by atoms with E-state index in [-0.39, 0.29) is 18.5 Å². The third-order valence-corrected chi connectivity index (χ3v) is 5.55. The summed E-state index contributed by atoms with van der Waals surface area (Å²) in [6, 6.07) is 15.5. The van der Waals surface area contributed by atoms with Gasteiger partial charge in [-0.3, -0.25) is 9.78 Å². The van der Waals surface area contributed by atoms with Crippen LogP contribution in [0.5, 0.6) is 11.5 Å². The molecule has 0 spiro atoms. The molecule has 0 aliphatic carbocycles. The number of nitrogens with zero attached hydrogens (tertiary/aromatic N) is 3. The Morgan fingerprint density at radius 1 is 0.972 bits per heavy atom. The summed E-state index contributed by atoms with van der Waals surface area (Å²) in [5.74, 6) is 0.950. The quantitative estimate of drug-likeness (QED) is 0.414. The maximum atomic E-state index is 13.1. The van der Waals surface area contributed by atoms with Crippen LogP contribution < -0.4 is 25.8 Å². The maximum Gasteiger partial charge on any atom is 0.322 e. The Kier molecular flexibility index (Phi) is 7.86. The summed E-state index contributed by atoms with van der Waals surface area (Å²) >= 11 is 0. The predicted octanol–water partition coefficient (Wildman–Crippen LogP) is 3.28. The number of pyridine rings is 1. The van der Waals surface area contributed by atoms with Crippen LogP contribution in [-0.4, -0.2) is 67.1 Å². The van der Waals surface area contributed by atoms with Gasteiger partial charge in [0, 0.05) is 31.0 Å². The van der Waals surface area contributed by atoms with E-state index in [1.165, 1.54) is 6.20 Å². The number of carbonyl (C=O) groups excluding carboxylic acids is 2. The normalized spacial score (nSPS) is 12.2. The molecule has 1 aliphatic rings. The van der Waals surface area contributed by atoms with Gasteiger partial charge in [0.15, 0.2) is 11.5 Å². The summed E-state index contributed by atoms with van der Waals surface area (Å²) in [6.45, 7) is 2.41. The van der Waals surface area contributed by atoms with Crippen molar-refractivity contribution in [3.05, 3.63) is 72.1 Å². The van der Waals surface area contributed by atoms with Gasteiger partial charge in [0.25, 0.3) is 5.91 Å². The van der Waals surface area contributed by atoms with Gasteiger partial charge in [-0.25, -0.2) is 4.79 Å². The molecular weight excluding hydrogens is 460 g/mol. The van der Waals surface area contributed by atoms with E-state index >= 15 is 0 Å². The van der Waals surface area contributed by atoms with Crippen LogP contribution >= 0.6 is 0 Å². The van der Waals surface area contributed by atoms with Crippen molar-refractivity contribution in [2.45, 2.75) is 6.54 Å². The minimum Gasteiger partial charge on any atom is -0.486 e. The predicted molar refractivity (Wildman–Crippen MR) is 138 cm³/mol. The highest BCUT2D eigenvalue weighted by Gasteiger charge is 2.18. The number of hydrogen-bond donors (Lipinski definition) is 3. The van der Waals surface area contributed by atoms with Gasteiger partial charge in [-0.05, 0) is 50.5 Å². The van der Waals surface area contributed by atoms with Crippen molar-refractivity contribution >= 4 is 29.0 Å². The molecule has 1 aromatic heterocycles. The highest BCUT2D eigenvalue weighted by atomic mass is 16.6. The Bertz CT molecular complexity index is 1220. The van der Waals surface area contributed by atoms with Crippen LogP contribution in [0.3, 0.4) is 0 Å². The molecule has 0 fully saturated rings. The molecule has 4 N–H and O–H groups in total. The van der Waals surface area contributed by atoms with E-state index in [9.17, 15) is 9.59 Å². The van der Waals surface area contributed by atoms with Crippen molar-refractivity contribution in [3.63, 3.8) is 0 Å². The number of urea groups is 1. The lowest BCUT2D eigenvalue weighted by Crippen LogP contribution is -2.39. The van der Waals surface area contributed by atoms with E-state index in [2.05, 4.69) is 15.6 Å². The van der Waals surface area contributed by atoms with Crippen molar-refractivity contribution in [2.75, 3.05) is 56.8 Å². The van der Waals surface area contributed by atoms with E-state index < -0.39 is 0 Å². The number of carbonyl (C=O) groups is 2. The second kappa shape index (κ2) is 11.4. The summed E-state index contributed by atoms with van der Waals surface area (Å²) in [5.41, 5.74) is 8.58. The van der Waals surface area contributed by atoms with Gasteiger partial charge >= 0.3 is 6.03 Å². The first-order valence-electron chi connectivity index (χ1n) is 11.6. The van der Waals surface area contributed by atoms with Crippen LogP contribution in [0.2, 0.25) is 0 Å². The first kappa shape index (κ1) is 24.8. The maximum absolute atomic E-state index is 13.1. The molecule has 2 heterocycles. The molecule has 10 heteroatoms. The number of nitrogens with two attached hydrogens (primary N) is 1. The van der Waals surface area contributed by atoms with E-state index in [0.717, 1.165) is 0 Å². The number of ether oxygens (including phenoxy) is 2. The van der Waals surface area contributed by atoms with Crippen LogP contribution in [0.25, 0.3) is 0 Å². The van der Waals surface area contributed by atoms with Crippen molar-refractivity contribution in [2.24, 2.45) is 0 Å². The first-order chi connectivity index (χ1) is 17.4. The fourth-order valence-corrected chi connectivity index (χ4v) is 3.55. The van der Waals surface area contributed by atoms with Gasteiger partial charge in [0.1, 0.15) is 13.2 Å². The monoisotopic (exact) mass is 490 g/mol. The fraction of sp³-hybridized carbons (Fsp3) is 0.269. The van der Waals surface area contributed by atoms with Gasteiger partial charge in [0.2, 0.25) is 0 Å². The van der Waals surface area contributed by atoms with Crippen molar-refractivity contribution in [3.8, 4) is 11.5 Å². The van der Waals surface area contributed by atoms with Gasteiger partial charge in [-0.15, -0.1) is 0 Å². The van der Waals surface area contributed by atoms with Crippen molar-refractivity contribution < 1.29 is 19.1 Å². The largest absolute Gasteiger partial charge is 0.486 e. The van der Waals surface area contributed by atoms with Gasteiger partial charge in [0.05, 0.1) is 29.2 Å². The molecule has 0 saturated heterocycles. The Hall–Kier alpha value is -4.31. The average molecular weight is 491 g/mol. The minimum absolute atomic E-state index is 0.267. The molecule has 0 radical (unpaired) electrons. The molecule has 10 nitrogen and oxygen atoms in total. The SMILES string of the molecule is CN(C)CCN(Cc1ccc(C(=O)Nc2ccccc2N)cn1)C(=O)Nc1ccc2c(c1)OCCO2. The number of anilines is 3. The van der Waals surface area contributed by atoms with Crippen LogP contribution in [0.1, 0.15) is 16.1 Å². The summed E-state index contributed by atoms with van der Waals surface area (Å²) in [6.07, 6.45) is 1.49. The van der Waals surface area contributed by atoms with Crippen LogP contribution in [0.15, 0.2) is 60.8 Å². The van der Waals surface area contributed by atoms with Gasteiger partial charge < -0.3 is 35.6 Å². The fourth-order valence-electron chi connectivity index (χ4n) is 3.55. The zero-order chi connectivity index (χ0) is 25.5. The Balaban J connectivity index is 1.42. The molecule has 36 heavy (non-hydrogen) atoms. The van der Waals surface area contributed by atoms with Gasteiger partial charge in [-0.2, -0.15) is 0 Å². The van der Waals surface area contributed by atoms with E-state index in [1.54, 1.807) is 59.5 Å². The minimum atomic E-state index is -0.312. The standard InChI is InChI=1S/C26H30N6O4/c1-31(2)11-12-32(26(34)29-19-9-10-23-24(15-19)36-14-13-35-23)17-20-8-7-18(16-28-20)25(33)30-22-6-4-3-5-21(22)27/h3-10,15-16H,11-14,17,27H2,1-2H3,(H,29,34)(H,30,33). The van der Waals surface area contributed by atoms with Crippen LogP contribution in [-0.2, 0) is 6.54 Å². The number of hydrogen-bond acceptors (Lipinski definition) is 7. The smallest absolute Gasteiger partial charge is 0.322 e. The molecule has 2 aromatic carbocycles. The highest BCUT2D eigenvalue weighted by molar-refractivity contribution is 6.05. The number of nitrogens with one attached hydrogen (secondary N) is 2. The molecule has 0 atom stereocenters. The molecule has 3 amide bonds. The zero-order valence-electron chi connectivity index (χ0n) is 20.4. The number of nitrogen functional groups attached to an aromatic ring is 1. The average Bonchev–Trinajstić information content (AvgIpc) is 2.88. The molecule has 4 rings (SSSR count). The van der Waals surface area contributed by atoms with Gasteiger partial charge in [-0.1, -0.05) is 12.1 Å². The Morgan fingerprint density at radius 3 is 2.47 bits per heavy atom. The lowest BCUT2D eigenvalue weighted by Gasteiger charge is -2.25. The number of para-hydroxylation sites is 2. The third-order valence-electron chi connectivity index (χ3n) is 5.55. The lowest BCUT2D eigenvalue weighted by molar-refractivity contribution is 0.102. The van der Waals surface area contributed by atoms with Crippen molar-refractivity contribution in [1.82, 2.24) is 14.8 Å². The van der Waals surface area contributed by atoms with Crippen molar-refractivity contribution in [1.29, 1.82) is 0 Å². The molecular formula is C26H30N6O4. The summed E-state index contributed by atoms with van der Waals surface area (Å²) in [7, 11) is 3.89. The van der Waals surface area contributed by atoms with Crippen LogP contribution in [0.4, 0.5) is 21.9 Å².